The molecule has 0 N–H and O–H groups in total. The second-order valence-electron chi connectivity index (χ2n) is 10.6. The van der Waals surface area contributed by atoms with Gasteiger partial charge in [0.15, 0.2) is 0 Å². The van der Waals surface area contributed by atoms with E-state index >= 15 is 0 Å². The molecular formula is C36H48BBrNS3. The number of aryl methyl sites for hydroxylation is 2. The molecule has 2 heterocycles. The summed E-state index contributed by atoms with van der Waals surface area (Å²) < 4.78 is 3.89. The molecule has 1 radical (unpaired) electrons. The summed E-state index contributed by atoms with van der Waals surface area (Å²) in [6.45, 7) is 4.54. The van der Waals surface area contributed by atoms with Crippen molar-refractivity contribution < 1.29 is 0 Å². The Hall–Kier alpha value is -1.47. The minimum absolute atomic E-state index is 1.20. The van der Waals surface area contributed by atoms with Crippen LogP contribution in [0.25, 0.3) is 20.9 Å². The normalized spacial score (nSPS) is 10.4. The summed E-state index contributed by atoms with van der Waals surface area (Å²) in [4.78, 5) is 2.70. The van der Waals surface area contributed by atoms with Crippen molar-refractivity contribution in [3.8, 4) is 20.9 Å². The van der Waals surface area contributed by atoms with Crippen molar-refractivity contribution in [3.05, 3.63) is 93.1 Å². The van der Waals surface area contributed by atoms with Gasteiger partial charge in [-0.3, -0.25) is 0 Å². The van der Waals surface area contributed by atoms with Gasteiger partial charge in [0.2, 0.25) is 0 Å². The molecule has 0 atom stereocenters. The average Bonchev–Trinajstić information content (AvgIpc) is 3.71. The van der Waals surface area contributed by atoms with E-state index in [0.717, 1.165) is 0 Å². The van der Waals surface area contributed by atoms with Gasteiger partial charge in [0.25, 0.3) is 0 Å². The Kier molecular flexibility index (Phi) is 20.9. The fourth-order valence-corrected chi connectivity index (χ4v) is 6.93. The van der Waals surface area contributed by atoms with E-state index in [1.165, 1.54) is 126 Å². The average molecular weight is 682 g/mol. The molecule has 0 bridgehead atoms. The topological polar surface area (TPSA) is 12.4 Å². The van der Waals surface area contributed by atoms with Crippen LogP contribution in [0.5, 0.6) is 0 Å². The molecule has 2 aromatic heterocycles. The zero-order valence-electron chi connectivity index (χ0n) is 25.6. The Morgan fingerprint density at radius 3 is 1.48 bits per heavy atom. The van der Waals surface area contributed by atoms with E-state index in [1.54, 1.807) is 11.3 Å². The number of unbranched alkanes of at least 4 members (excludes halogenated alkanes) is 10. The molecule has 0 aliphatic rings. The van der Waals surface area contributed by atoms with E-state index in [9.17, 15) is 0 Å². The number of hydrogen-bond acceptors (Lipinski definition) is 4. The predicted molar refractivity (Wildman–Crippen MR) is 199 cm³/mol. The molecule has 0 aliphatic heterocycles. The van der Waals surface area contributed by atoms with Crippen LogP contribution in [0.15, 0.2) is 86.3 Å². The van der Waals surface area contributed by atoms with Gasteiger partial charge < -0.3 is 0 Å². The summed E-state index contributed by atoms with van der Waals surface area (Å²) in [5, 5.41) is 2.14. The number of thiol groups is 1. The van der Waals surface area contributed by atoms with E-state index < -0.39 is 0 Å². The van der Waals surface area contributed by atoms with Gasteiger partial charge in [-0.25, -0.2) is 0 Å². The molecule has 1 nitrogen and oxygen atoms in total. The number of nitrogens with zero attached hydrogens (tertiary/aromatic N) is 1. The maximum absolute atomic E-state index is 4.34. The van der Waals surface area contributed by atoms with Crippen LogP contribution in [-0.2, 0) is 12.8 Å². The second kappa shape index (κ2) is 23.9. The molecule has 225 valence electrons. The molecule has 0 fully saturated rings. The van der Waals surface area contributed by atoms with Crippen molar-refractivity contribution in [3.63, 3.8) is 0 Å². The molecule has 6 heteroatoms. The van der Waals surface area contributed by atoms with Crippen molar-refractivity contribution in [1.82, 2.24) is 0 Å². The van der Waals surface area contributed by atoms with Crippen molar-refractivity contribution in [2.75, 3.05) is 0 Å². The Morgan fingerprint density at radius 1 is 0.619 bits per heavy atom. The molecule has 42 heavy (non-hydrogen) atoms. The van der Waals surface area contributed by atoms with E-state index in [-0.39, 0.29) is 0 Å². The summed E-state index contributed by atoms with van der Waals surface area (Å²) in [5.41, 5.74) is 5.63. The molecule has 0 spiro atoms. The zero-order chi connectivity index (χ0) is 30.3. The van der Waals surface area contributed by atoms with Crippen molar-refractivity contribution in [2.45, 2.75) is 104 Å². The molecule has 4 rings (SSSR count). The van der Waals surface area contributed by atoms with Gasteiger partial charge in [0, 0.05) is 9.75 Å². The fourth-order valence-electron chi connectivity index (χ4n) is 4.80. The summed E-state index contributed by atoms with van der Waals surface area (Å²) in [6, 6.07) is 26.8. The zero-order valence-corrected chi connectivity index (χ0v) is 29.7. The van der Waals surface area contributed by atoms with E-state index in [2.05, 4.69) is 133 Å². The molecule has 4 aromatic rings. The third kappa shape index (κ3) is 15.8. The third-order valence-corrected chi connectivity index (χ3v) is 9.80. The number of rotatable bonds is 16. The van der Waals surface area contributed by atoms with Crippen LogP contribution >= 0.6 is 51.4 Å². The molecule has 0 saturated heterocycles. The van der Waals surface area contributed by atoms with Gasteiger partial charge in [-0.2, -0.15) is 0 Å². The monoisotopic (exact) mass is 680 g/mol. The van der Waals surface area contributed by atoms with Gasteiger partial charge in [-0.1, -0.05) is 133 Å². The predicted octanol–water partition coefficient (Wildman–Crippen LogP) is 13.6. The van der Waals surface area contributed by atoms with Crippen LogP contribution in [0, 0.1) is 0 Å². The first kappa shape index (κ1) is 36.7. The van der Waals surface area contributed by atoms with Crippen molar-refractivity contribution in [1.29, 1.82) is 0 Å². The van der Waals surface area contributed by atoms with E-state index in [1.807, 2.05) is 11.3 Å². The minimum atomic E-state index is 1.20. The quantitative estimate of drug-likeness (QED) is 0.0687. The molecule has 0 amide bonds. The summed E-state index contributed by atoms with van der Waals surface area (Å²) in [7, 11) is 4.34. The van der Waals surface area contributed by atoms with Crippen LogP contribution in [0.3, 0.4) is 0 Å². The first-order valence-electron chi connectivity index (χ1n) is 15.6. The summed E-state index contributed by atoms with van der Waals surface area (Å²) in [5.74, 6) is 0. The first-order valence-corrected chi connectivity index (χ1v) is 18.5. The van der Waals surface area contributed by atoms with Crippen LogP contribution in [-0.4, -0.2) is 7.64 Å². The molecular weight excluding hydrogens is 633 g/mol. The molecule has 0 saturated carbocycles. The fraction of sp³-hybridized carbons (Fsp3) is 0.444. The summed E-state index contributed by atoms with van der Waals surface area (Å²) in [6.07, 6.45) is 19.0. The number of hydrogen-bond donors (Lipinski definition) is 1. The van der Waals surface area contributed by atoms with Crippen molar-refractivity contribution in [2.24, 2.45) is 4.30 Å². The number of halogens is 1. The Bertz CT molecular complexity index is 1190. The first-order chi connectivity index (χ1) is 20.6. The standard InChI is InChI=1S/C18H23BrS.C18H24S.BHNS/c1-2-3-4-5-6-7-8-15-9-11-16(12-10-15)17-13-14-18(19)20-17;1-2-3-4-5-6-7-9-16-11-13-17(14-12-16)18-10-8-15-19-18;1-2-3/h9-14H,2-8H2,1H3;8,10-15H,2-7,9H2,1H3;3H. The van der Waals surface area contributed by atoms with Crippen LogP contribution in [0.1, 0.15) is 102 Å². The van der Waals surface area contributed by atoms with E-state index in [4.69, 9.17) is 0 Å². The van der Waals surface area contributed by atoms with Crippen LogP contribution in [0.4, 0.5) is 0 Å². The van der Waals surface area contributed by atoms with Crippen molar-refractivity contribution >= 4 is 59.1 Å². The number of benzene rings is 2. The number of thiophene rings is 2. The van der Waals surface area contributed by atoms with Crippen LogP contribution in [0.2, 0.25) is 0 Å². The van der Waals surface area contributed by atoms with Gasteiger partial charge in [0.1, 0.15) is 0 Å². The van der Waals surface area contributed by atoms with E-state index in [0.29, 0.717) is 0 Å². The van der Waals surface area contributed by atoms with Gasteiger partial charge in [-0.05, 0) is 87.4 Å². The Balaban J connectivity index is 0.000000269. The SMILES string of the molecule is CCCCCCCCc1ccc(-c2ccc(Br)s2)cc1.CCCCCCCCc1ccc(-c2cccs2)cc1.[B]=NS. The summed E-state index contributed by atoms with van der Waals surface area (Å²) >= 11 is 10.3. The van der Waals surface area contributed by atoms with Gasteiger partial charge in [0.05, 0.1) is 3.79 Å². The molecule has 0 aliphatic carbocycles. The molecule has 2 aromatic carbocycles. The van der Waals surface area contributed by atoms with Crippen LogP contribution < -0.4 is 0 Å². The maximum atomic E-state index is 4.34. The second-order valence-corrected chi connectivity index (χ2v) is 14.3. The molecule has 0 unspecified atom stereocenters. The third-order valence-electron chi connectivity index (χ3n) is 7.21. The Labute approximate surface area is 279 Å². The van der Waals surface area contributed by atoms with Gasteiger partial charge >= 0.3 is 24.8 Å². The van der Waals surface area contributed by atoms with Gasteiger partial charge in [-0.15, -0.1) is 22.7 Å². The Morgan fingerprint density at radius 2 is 1.07 bits per heavy atom.